The maximum Gasteiger partial charge on any atom is 0.267 e. The second-order valence-electron chi connectivity index (χ2n) is 4.18. The van der Waals surface area contributed by atoms with Crippen LogP contribution in [0.5, 0.6) is 0 Å². The summed E-state index contributed by atoms with van der Waals surface area (Å²) in [5.74, 6) is -1.03. The Bertz CT molecular complexity index is 508. The highest BCUT2D eigenvalue weighted by atomic mass is 19.1. The normalized spacial score (nSPS) is 21.3. The molecule has 0 radical (unpaired) electrons. The quantitative estimate of drug-likeness (QED) is 0.606. The van der Waals surface area contributed by atoms with Crippen LogP contribution < -0.4 is 10.6 Å². The molecule has 1 unspecified atom stereocenters. The highest BCUT2D eigenvalue weighted by molar-refractivity contribution is 6.09. The Hall–Kier alpha value is -2.17. The summed E-state index contributed by atoms with van der Waals surface area (Å²) in [6.45, 7) is 2.44. The van der Waals surface area contributed by atoms with Gasteiger partial charge in [0, 0.05) is 24.2 Å². The zero-order valence-corrected chi connectivity index (χ0v) is 9.87. The van der Waals surface area contributed by atoms with Crippen LogP contribution in [-0.2, 0) is 4.79 Å². The number of carbonyl (C=O) groups excluding carboxylic acids is 2. The highest BCUT2D eigenvalue weighted by Gasteiger charge is 2.19. The van der Waals surface area contributed by atoms with Gasteiger partial charge < -0.3 is 10.6 Å². The summed E-state index contributed by atoms with van der Waals surface area (Å²) in [6.07, 6.45) is 1.23. The summed E-state index contributed by atoms with van der Waals surface area (Å²) in [6, 6.07) is 5.23. The van der Waals surface area contributed by atoms with Gasteiger partial charge in [-0.1, -0.05) is 0 Å². The highest BCUT2D eigenvalue weighted by Crippen LogP contribution is 2.07. The van der Waals surface area contributed by atoms with Crippen molar-refractivity contribution in [3.8, 4) is 0 Å². The molecule has 1 aromatic rings. The van der Waals surface area contributed by atoms with Crippen molar-refractivity contribution in [2.24, 2.45) is 0 Å². The molecule has 1 aliphatic rings. The van der Waals surface area contributed by atoms with Crippen molar-refractivity contribution in [2.45, 2.75) is 13.0 Å². The van der Waals surface area contributed by atoms with E-state index in [0.717, 1.165) is 0 Å². The van der Waals surface area contributed by atoms with E-state index in [4.69, 9.17) is 0 Å². The number of hydrogen-bond donors (Lipinski definition) is 2. The first-order valence-corrected chi connectivity index (χ1v) is 5.62. The zero-order valence-electron chi connectivity index (χ0n) is 9.87. The Balaban J connectivity index is 2.15. The lowest BCUT2D eigenvalue weighted by Gasteiger charge is -2.23. The molecule has 1 atom stereocenters. The second kappa shape index (κ2) is 5.00. The van der Waals surface area contributed by atoms with Gasteiger partial charge >= 0.3 is 0 Å². The zero-order chi connectivity index (χ0) is 13.1. The number of ketones is 1. The molecule has 0 aromatic heterocycles. The fourth-order valence-electron chi connectivity index (χ4n) is 1.64. The van der Waals surface area contributed by atoms with E-state index >= 15 is 0 Å². The molecule has 1 aromatic carbocycles. The molecule has 1 saturated heterocycles. The van der Waals surface area contributed by atoms with E-state index in [9.17, 15) is 14.0 Å². The lowest BCUT2D eigenvalue weighted by Crippen LogP contribution is -2.49. The minimum absolute atomic E-state index is 0.0376. The lowest BCUT2D eigenvalue weighted by atomic mass is 10.1. The van der Waals surface area contributed by atoms with Crippen molar-refractivity contribution in [2.75, 3.05) is 6.54 Å². The largest absolute Gasteiger partial charge is 0.378 e. The molecule has 2 N–H and O–H groups in total. The fraction of sp³-hybridized carbons (Fsp3) is 0.231. The summed E-state index contributed by atoms with van der Waals surface area (Å²) in [4.78, 5) is 23.4. The van der Waals surface area contributed by atoms with Crippen molar-refractivity contribution in [3.05, 3.63) is 47.4 Å². The van der Waals surface area contributed by atoms with Gasteiger partial charge in [-0.2, -0.15) is 0 Å². The molecular weight excluding hydrogens is 235 g/mol. The van der Waals surface area contributed by atoms with Crippen molar-refractivity contribution >= 4 is 11.7 Å². The van der Waals surface area contributed by atoms with Crippen LogP contribution in [-0.4, -0.2) is 24.3 Å². The third-order valence-electron chi connectivity index (χ3n) is 2.62. The maximum atomic E-state index is 12.7. The van der Waals surface area contributed by atoms with Crippen LogP contribution in [0.1, 0.15) is 17.3 Å². The molecule has 1 heterocycles. The van der Waals surface area contributed by atoms with Gasteiger partial charge in [0.1, 0.15) is 11.5 Å². The molecular formula is C13H13FN2O2. The number of benzene rings is 1. The van der Waals surface area contributed by atoms with Crippen LogP contribution in [0.4, 0.5) is 4.39 Å². The van der Waals surface area contributed by atoms with E-state index < -0.39 is 5.82 Å². The average Bonchev–Trinajstić information content (AvgIpc) is 2.33. The van der Waals surface area contributed by atoms with Gasteiger partial charge in [0.2, 0.25) is 0 Å². The topological polar surface area (TPSA) is 58.2 Å². The molecule has 1 amide bonds. The number of halogens is 1. The third-order valence-corrected chi connectivity index (χ3v) is 2.62. The van der Waals surface area contributed by atoms with E-state index in [1.807, 2.05) is 6.92 Å². The van der Waals surface area contributed by atoms with E-state index in [1.54, 1.807) is 0 Å². The van der Waals surface area contributed by atoms with Crippen molar-refractivity contribution in [1.29, 1.82) is 0 Å². The number of carbonyl (C=O) groups is 2. The number of amides is 1. The van der Waals surface area contributed by atoms with E-state index in [1.165, 1.54) is 30.3 Å². The molecule has 0 aliphatic carbocycles. The van der Waals surface area contributed by atoms with E-state index in [0.29, 0.717) is 12.1 Å². The molecule has 18 heavy (non-hydrogen) atoms. The molecule has 5 heteroatoms. The summed E-state index contributed by atoms with van der Waals surface area (Å²) in [5.41, 5.74) is 0.583. The number of rotatable bonds is 2. The molecule has 1 aliphatic heterocycles. The predicted octanol–water partition coefficient (Wildman–Crippen LogP) is 1.00. The van der Waals surface area contributed by atoms with Gasteiger partial charge in [0.25, 0.3) is 5.91 Å². The van der Waals surface area contributed by atoms with Crippen LogP contribution in [0, 0.1) is 5.82 Å². The van der Waals surface area contributed by atoms with Gasteiger partial charge in [-0.3, -0.25) is 9.59 Å². The Morgan fingerprint density at radius 3 is 2.67 bits per heavy atom. The average molecular weight is 248 g/mol. The van der Waals surface area contributed by atoms with Gasteiger partial charge in [-0.25, -0.2) is 4.39 Å². The number of nitrogens with one attached hydrogen (secondary N) is 2. The second-order valence-corrected chi connectivity index (χ2v) is 4.18. The van der Waals surface area contributed by atoms with Crippen molar-refractivity contribution < 1.29 is 14.0 Å². The van der Waals surface area contributed by atoms with Gasteiger partial charge in [0.05, 0.1) is 0 Å². The number of hydrogen-bond acceptors (Lipinski definition) is 3. The Morgan fingerprint density at radius 1 is 1.39 bits per heavy atom. The van der Waals surface area contributed by atoms with Crippen LogP contribution in [0.2, 0.25) is 0 Å². The Morgan fingerprint density at radius 2 is 2.06 bits per heavy atom. The summed E-state index contributed by atoms with van der Waals surface area (Å²) in [7, 11) is 0. The Labute approximate surface area is 104 Å². The van der Waals surface area contributed by atoms with Crippen LogP contribution in [0.15, 0.2) is 36.0 Å². The molecule has 4 nitrogen and oxygen atoms in total. The summed E-state index contributed by atoms with van der Waals surface area (Å²) >= 11 is 0. The summed E-state index contributed by atoms with van der Waals surface area (Å²) < 4.78 is 12.7. The fourth-order valence-corrected chi connectivity index (χ4v) is 1.64. The first-order valence-electron chi connectivity index (χ1n) is 5.62. The van der Waals surface area contributed by atoms with E-state index in [2.05, 4.69) is 10.6 Å². The molecule has 94 valence electrons. The molecule has 0 bridgehead atoms. The first kappa shape index (κ1) is 12.3. The summed E-state index contributed by atoms with van der Waals surface area (Å²) in [5, 5.41) is 5.60. The SMILES string of the molecule is CC1CN/C(=C/C(=O)c2ccc(F)cc2)C(=O)N1. The molecule has 0 saturated carbocycles. The maximum absolute atomic E-state index is 12.7. The third kappa shape index (κ3) is 2.74. The van der Waals surface area contributed by atoms with Gasteiger partial charge in [-0.05, 0) is 31.2 Å². The van der Waals surface area contributed by atoms with Gasteiger partial charge in [0.15, 0.2) is 5.78 Å². The van der Waals surface area contributed by atoms with Crippen molar-refractivity contribution in [3.63, 3.8) is 0 Å². The minimum Gasteiger partial charge on any atom is -0.378 e. The Kier molecular flexibility index (Phi) is 3.41. The smallest absolute Gasteiger partial charge is 0.267 e. The van der Waals surface area contributed by atoms with Crippen LogP contribution in [0.25, 0.3) is 0 Å². The number of allylic oxidation sites excluding steroid dienone is 1. The van der Waals surface area contributed by atoms with E-state index in [-0.39, 0.29) is 23.4 Å². The molecule has 2 rings (SSSR count). The van der Waals surface area contributed by atoms with Crippen LogP contribution in [0.3, 0.4) is 0 Å². The number of piperazine rings is 1. The van der Waals surface area contributed by atoms with Gasteiger partial charge in [-0.15, -0.1) is 0 Å². The van der Waals surface area contributed by atoms with Crippen LogP contribution >= 0.6 is 0 Å². The first-order chi connectivity index (χ1) is 8.56. The van der Waals surface area contributed by atoms with Crippen molar-refractivity contribution in [1.82, 2.24) is 10.6 Å². The molecule has 1 fully saturated rings. The standard InChI is InChI=1S/C13H13FN2O2/c1-8-7-15-11(13(18)16-8)6-12(17)9-2-4-10(14)5-3-9/h2-6,8,15H,7H2,1H3,(H,16,18)/b11-6+. The monoisotopic (exact) mass is 248 g/mol. The predicted molar refractivity (Wildman–Crippen MR) is 64.4 cm³/mol. The molecule has 0 spiro atoms. The minimum atomic E-state index is -0.401. The lowest BCUT2D eigenvalue weighted by molar-refractivity contribution is -0.119.